The van der Waals surface area contributed by atoms with Gasteiger partial charge in [-0.25, -0.2) is 0 Å². The van der Waals surface area contributed by atoms with E-state index < -0.39 is 5.60 Å². The van der Waals surface area contributed by atoms with Gasteiger partial charge in [0.15, 0.2) is 0 Å². The maximum absolute atomic E-state index is 11.2. The van der Waals surface area contributed by atoms with Crippen LogP contribution in [0.1, 0.15) is 56.9 Å². The van der Waals surface area contributed by atoms with Crippen LogP contribution in [-0.2, 0) is 11.3 Å². The van der Waals surface area contributed by atoms with Crippen LogP contribution in [0.5, 0.6) is 0 Å². The summed E-state index contributed by atoms with van der Waals surface area (Å²) in [5.41, 5.74) is 0.858. The first-order valence-corrected chi connectivity index (χ1v) is 9.91. The average molecular weight is 344 g/mol. The van der Waals surface area contributed by atoms with Gasteiger partial charge in [-0.1, -0.05) is 55.7 Å². The molecule has 2 aliphatic rings. The summed E-state index contributed by atoms with van der Waals surface area (Å²) >= 11 is 0. The van der Waals surface area contributed by atoms with E-state index in [1.165, 1.54) is 24.8 Å². The fourth-order valence-electron chi connectivity index (χ4n) is 4.50. The van der Waals surface area contributed by atoms with Gasteiger partial charge >= 0.3 is 0 Å². The van der Waals surface area contributed by atoms with Crippen molar-refractivity contribution < 1.29 is 9.84 Å². The SMILES string of the molecule is C=CCCCCCCC1(O)CC2COCC(C1)N2Cc1ccccc1. The van der Waals surface area contributed by atoms with Crippen molar-refractivity contribution in [1.29, 1.82) is 0 Å². The Hall–Kier alpha value is -1.16. The molecule has 0 amide bonds. The van der Waals surface area contributed by atoms with Crippen LogP contribution in [0.2, 0.25) is 0 Å². The first kappa shape index (κ1) is 18.6. The fraction of sp³-hybridized carbons (Fsp3) is 0.636. The maximum Gasteiger partial charge on any atom is 0.0679 e. The summed E-state index contributed by atoms with van der Waals surface area (Å²) in [5, 5.41) is 11.2. The van der Waals surface area contributed by atoms with Gasteiger partial charge < -0.3 is 9.84 Å². The average Bonchev–Trinajstić information content (AvgIpc) is 2.60. The molecule has 0 spiro atoms. The van der Waals surface area contributed by atoms with Crippen LogP contribution in [0.15, 0.2) is 43.0 Å². The third-order valence-electron chi connectivity index (χ3n) is 5.80. The summed E-state index contributed by atoms with van der Waals surface area (Å²) in [5.74, 6) is 0. The summed E-state index contributed by atoms with van der Waals surface area (Å²) < 4.78 is 5.81. The first-order chi connectivity index (χ1) is 12.2. The number of rotatable bonds is 9. The van der Waals surface area contributed by atoms with E-state index in [2.05, 4.69) is 41.8 Å². The summed E-state index contributed by atoms with van der Waals surface area (Å²) in [6.45, 7) is 6.26. The van der Waals surface area contributed by atoms with Gasteiger partial charge in [0.1, 0.15) is 0 Å². The van der Waals surface area contributed by atoms with Crippen LogP contribution in [0.3, 0.4) is 0 Å². The van der Waals surface area contributed by atoms with E-state index in [1.54, 1.807) is 0 Å². The molecule has 3 heteroatoms. The number of morpholine rings is 1. The summed E-state index contributed by atoms with van der Waals surface area (Å²) in [6.07, 6.45) is 10.6. The largest absolute Gasteiger partial charge is 0.390 e. The lowest BCUT2D eigenvalue weighted by Crippen LogP contribution is -2.61. The molecule has 2 unspecified atom stereocenters. The molecule has 2 bridgehead atoms. The van der Waals surface area contributed by atoms with Crippen LogP contribution >= 0.6 is 0 Å². The molecule has 2 atom stereocenters. The standard InChI is InChI=1S/C22H33NO2/c1-2-3-4-5-6-10-13-22(24)14-20-17-25-18-21(15-22)23(20)16-19-11-8-7-9-12-19/h2,7-9,11-12,20-21,24H,1,3-6,10,13-18H2. The van der Waals surface area contributed by atoms with E-state index in [0.717, 1.165) is 51.9 Å². The molecule has 25 heavy (non-hydrogen) atoms. The number of benzene rings is 1. The monoisotopic (exact) mass is 343 g/mol. The van der Waals surface area contributed by atoms with Crippen LogP contribution in [0, 0.1) is 0 Å². The molecule has 1 aromatic rings. The molecule has 3 rings (SSSR count). The van der Waals surface area contributed by atoms with Crippen LogP contribution in [-0.4, -0.2) is 40.9 Å². The number of hydrogen-bond donors (Lipinski definition) is 1. The second-order valence-corrected chi connectivity index (χ2v) is 7.88. The molecule has 1 N–H and O–H groups in total. The Balaban J connectivity index is 1.52. The van der Waals surface area contributed by atoms with E-state index in [-0.39, 0.29) is 0 Å². The van der Waals surface area contributed by atoms with E-state index in [1.807, 2.05) is 6.08 Å². The molecule has 0 radical (unpaired) electrons. The zero-order chi connectivity index (χ0) is 17.5. The Morgan fingerprint density at radius 2 is 1.76 bits per heavy atom. The molecule has 138 valence electrons. The fourth-order valence-corrected chi connectivity index (χ4v) is 4.50. The Labute approximate surface area is 152 Å². The van der Waals surface area contributed by atoms with Gasteiger partial charge in [-0.05, 0) is 37.7 Å². The lowest BCUT2D eigenvalue weighted by atomic mass is 9.78. The van der Waals surface area contributed by atoms with E-state index in [9.17, 15) is 5.11 Å². The van der Waals surface area contributed by atoms with Crippen molar-refractivity contribution >= 4 is 0 Å². The Morgan fingerprint density at radius 1 is 1.08 bits per heavy atom. The normalized spacial score (nSPS) is 29.5. The number of aliphatic hydroxyl groups is 1. The number of allylic oxidation sites excluding steroid dienone is 1. The summed E-state index contributed by atoms with van der Waals surface area (Å²) in [4.78, 5) is 2.57. The van der Waals surface area contributed by atoms with Crippen LogP contribution in [0.4, 0.5) is 0 Å². The predicted molar refractivity (Wildman–Crippen MR) is 102 cm³/mol. The van der Waals surface area contributed by atoms with Crippen molar-refractivity contribution in [3.05, 3.63) is 48.6 Å². The van der Waals surface area contributed by atoms with Crippen molar-refractivity contribution in [3.8, 4) is 0 Å². The highest BCUT2D eigenvalue weighted by Crippen LogP contribution is 2.38. The lowest BCUT2D eigenvalue weighted by molar-refractivity contribution is -0.148. The minimum atomic E-state index is -0.495. The topological polar surface area (TPSA) is 32.7 Å². The molecule has 3 nitrogen and oxygen atoms in total. The lowest BCUT2D eigenvalue weighted by Gasteiger charge is -2.52. The second kappa shape index (κ2) is 8.98. The molecule has 2 heterocycles. The third-order valence-corrected chi connectivity index (χ3v) is 5.80. The van der Waals surface area contributed by atoms with E-state index in [0.29, 0.717) is 12.1 Å². The van der Waals surface area contributed by atoms with Crippen molar-refractivity contribution in [2.24, 2.45) is 0 Å². The highest BCUT2D eigenvalue weighted by Gasteiger charge is 2.45. The minimum absolute atomic E-state index is 0.346. The molecular weight excluding hydrogens is 310 g/mol. The number of unbranched alkanes of at least 4 members (excludes halogenated alkanes) is 4. The van der Waals surface area contributed by atoms with Gasteiger partial charge in [0.25, 0.3) is 0 Å². The molecule has 1 aromatic carbocycles. The molecule has 2 aliphatic heterocycles. The van der Waals surface area contributed by atoms with Crippen molar-refractivity contribution in [2.75, 3.05) is 13.2 Å². The smallest absolute Gasteiger partial charge is 0.0679 e. The number of piperidine rings is 1. The first-order valence-electron chi connectivity index (χ1n) is 9.91. The molecular formula is C22H33NO2. The van der Waals surface area contributed by atoms with E-state index in [4.69, 9.17) is 4.74 Å². The third kappa shape index (κ3) is 5.16. The molecule has 0 aliphatic carbocycles. The molecule has 2 fully saturated rings. The molecule has 2 saturated heterocycles. The highest BCUT2D eigenvalue weighted by atomic mass is 16.5. The quantitative estimate of drug-likeness (QED) is 0.536. The number of fused-ring (bicyclic) bond motifs is 2. The number of hydrogen-bond acceptors (Lipinski definition) is 3. The van der Waals surface area contributed by atoms with Gasteiger partial charge in [-0.2, -0.15) is 0 Å². The van der Waals surface area contributed by atoms with Gasteiger partial charge in [0.2, 0.25) is 0 Å². The van der Waals surface area contributed by atoms with Gasteiger partial charge in [0, 0.05) is 18.6 Å². The Morgan fingerprint density at radius 3 is 2.44 bits per heavy atom. The zero-order valence-electron chi connectivity index (χ0n) is 15.4. The number of ether oxygens (including phenoxy) is 1. The summed E-state index contributed by atoms with van der Waals surface area (Å²) in [6, 6.07) is 11.4. The molecule has 0 aromatic heterocycles. The van der Waals surface area contributed by atoms with Crippen molar-refractivity contribution in [3.63, 3.8) is 0 Å². The van der Waals surface area contributed by atoms with Crippen molar-refractivity contribution in [1.82, 2.24) is 4.90 Å². The Bertz CT molecular complexity index is 516. The second-order valence-electron chi connectivity index (χ2n) is 7.88. The molecule has 0 saturated carbocycles. The summed E-state index contributed by atoms with van der Waals surface area (Å²) in [7, 11) is 0. The Kier molecular flexibility index (Phi) is 6.69. The van der Waals surface area contributed by atoms with E-state index >= 15 is 0 Å². The van der Waals surface area contributed by atoms with Crippen LogP contribution < -0.4 is 0 Å². The van der Waals surface area contributed by atoms with Crippen LogP contribution in [0.25, 0.3) is 0 Å². The van der Waals surface area contributed by atoms with Gasteiger partial charge in [-0.3, -0.25) is 4.90 Å². The maximum atomic E-state index is 11.2. The zero-order valence-corrected chi connectivity index (χ0v) is 15.4. The highest BCUT2D eigenvalue weighted by molar-refractivity contribution is 5.15. The van der Waals surface area contributed by atoms with Gasteiger partial charge in [-0.15, -0.1) is 6.58 Å². The van der Waals surface area contributed by atoms with Gasteiger partial charge in [0.05, 0.1) is 18.8 Å². The number of nitrogens with zero attached hydrogens (tertiary/aromatic N) is 1. The van der Waals surface area contributed by atoms with Crippen molar-refractivity contribution in [2.45, 2.75) is 75.6 Å². The minimum Gasteiger partial charge on any atom is -0.390 e. The predicted octanol–water partition coefficient (Wildman–Crippen LogP) is 4.31.